The van der Waals surface area contributed by atoms with E-state index in [1.54, 1.807) is 12.1 Å². The van der Waals surface area contributed by atoms with Crippen LogP contribution in [-0.2, 0) is 11.2 Å². The molecular formula is C20H21FN4OS. The second-order valence-corrected chi connectivity index (χ2v) is 7.81. The highest BCUT2D eigenvalue weighted by Gasteiger charge is 2.17. The summed E-state index contributed by atoms with van der Waals surface area (Å²) in [5, 5.41) is 6.32. The Hall–Kier alpha value is -2.38. The monoisotopic (exact) mass is 384 g/mol. The van der Waals surface area contributed by atoms with E-state index in [-0.39, 0.29) is 17.8 Å². The van der Waals surface area contributed by atoms with Crippen LogP contribution in [0.2, 0.25) is 0 Å². The molecule has 5 nitrogen and oxygen atoms in total. The lowest BCUT2D eigenvalue weighted by molar-refractivity contribution is -0.116. The first-order valence-electron chi connectivity index (χ1n) is 9.00. The number of carbonyl (C=O) groups is 1. The second kappa shape index (κ2) is 8.10. The second-order valence-electron chi connectivity index (χ2n) is 6.66. The van der Waals surface area contributed by atoms with Gasteiger partial charge < -0.3 is 15.6 Å². The highest BCUT2D eigenvalue weighted by atomic mass is 32.2. The van der Waals surface area contributed by atoms with Crippen molar-refractivity contribution in [2.75, 3.05) is 23.4 Å². The van der Waals surface area contributed by atoms with E-state index < -0.39 is 0 Å². The maximum absolute atomic E-state index is 13.8. The minimum Gasteiger partial charge on any atom is -0.342 e. The Kier molecular flexibility index (Phi) is 5.40. The Balaban J connectivity index is 1.44. The number of nitrogens with one attached hydrogen (secondary N) is 3. The number of halogens is 1. The molecule has 0 bridgehead atoms. The third-order valence-electron chi connectivity index (χ3n) is 4.56. The van der Waals surface area contributed by atoms with Crippen molar-refractivity contribution < 1.29 is 9.18 Å². The fourth-order valence-electron chi connectivity index (χ4n) is 3.23. The van der Waals surface area contributed by atoms with Crippen molar-refractivity contribution in [3.63, 3.8) is 0 Å². The topological polar surface area (TPSA) is 69.8 Å². The number of carbonyl (C=O) groups excluding carboxylic acids is 1. The molecule has 7 heteroatoms. The van der Waals surface area contributed by atoms with Crippen molar-refractivity contribution in [1.82, 2.24) is 15.3 Å². The van der Waals surface area contributed by atoms with Gasteiger partial charge in [-0.2, -0.15) is 11.8 Å². The minimum atomic E-state index is -0.236. The molecule has 1 amide bonds. The summed E-state index contributed by atoms with van der Waals surface area (Å²) in [5.74, 6) is 2.53. The number of hydrogen-bond donors (Lipinski definition) is 3. The zero-order chi connectivity index (χ0) is 18.6. The van der Waals surface area contributed by atoms with E-state index in [1.165, 1.54) is 6.07 Å². The maximum atomic E-state index is 13.8. The van der Waals surface area contributed by atoms with Crippen LogP contribution in [-0.4, -0.2) is 40.0 Å². The lowest BCUT2D eigenvalue weighted by Crippen LogP contribution is -2.39. The quantitative estimate of drug-likeness (QED) is 0.631. The SMILES string of the molecule is O=C(CC1CSCCN1)Nc1ccc2nc(Cc3ccccc3F)[nH]c2c1. The molecule has 4 rings (SSSR count). The summed E-state index contributed by atoms with van der Waals surface area (Å²) in [6.07, 6.45) is 0.862. The molecule has 0 saturated carbocycles. The Bertz CT molecular complexity index is 952. The van der Waals surface area contributed by atoms with Gasteiger partial charge in [0.15, 0.2) is 0 Å². The molecule has 1 unspecified atom stereocenters. The van der Waals surface area contributed by atoms with Crippen LogP contribution in [0.3, 0.4) is 0 Å². The highest BCUT2D eigenvalue weighted by molar-refractivity contribution is 7.99. The first-order chi connectivity index (χ1) is 13.2. The molecule has 0 radical (unpaired) electrons. The number of anilines is 1. The van der Waals surface area contributed by atoms with Crippen LogP contribution in [0.15, 0.2) is 42.5 Å². The molecule has 1 aliphatic rings. The molecular weight excluding hydrogens is 363 g/mol. The van der Waals surface area contributed by atoms with Gasteiger partial charge in [0.05, 0.1) is 11.0 Å². The van der Waals surface area contributed by atoms with Gasteiger partial charge >= 0.3 is 0 Å². The molecule has 1 atom stereocenters. The zero-order valence-corrected chi connectivity index (χ0v) is 15.6. The number of aromatic nitrogens is 2. The number of benzene rings is 2. The Morgan fingerprint density at radius 1 is 1.30 bits per heavy atom. The third-order valence-corrected chi connectivity index (χ3v) is 5.69. The van der Waals surface area contributed by atoms with Crippen molar-refractivity contribution in [2.45, 2.75) is 18.9 Å². The van der Waals surface area contributed by atoms with Crippen LogP contribution >= 0.6 is 11.8 Å². The fraction of sp³-hybridized carbons (Fsp3) is 0.300. The van der Waals surface area contributed by atoms with Crippen LogP contribution in [0.5, 0.6) is 0 Å². The average molecular weight is 384 g/mol. The number of hydrogen-bond acceptors (Lipinski definition) is 4. The zero-order valence-electron chi connectivity index (χ0n) is 14.8. The number of thioether (sulfide) groups is 1. The predicted octanol–water partition coefficient (Wildman–Crippen LogP) is 3.33. The molecule has 1 aromatic heterocycles. The van der Waals surface area contributed by atoms with Gasteiger partial charge in [0.1, 0.15) is 11.6 Å². The predicted molar refractivity (Wildman–Crippen MR) is 108 cm³/mol. The lowest BCUT2D eigenvalue weighted by Gasteiger charge is -2.22. The van der Waals surface area contributed by atoms with Crippen molar-refractivity contribution >= 4 is 34.4 Å². The van der Waals surface area contributed by atoms with Gasteiger partial charge in [-0.15, -0.1) is 0 Å². The van der Waals surface area contributed by atoms with Crippen LogP contribution in [0, 0.1) is 5.82 Å². The molecule has 1 aliphatic heterocycles. The summed E-state index contributed by atoms with van der Waals surface area (Å²) < 4.78 is 13.8. The fourth-order valence-corrected chi connectivity index (χ4v) is 4.18. The standard InChI is InChI=1S/C20H21FN4OS/c21-16-4-2-1-3-13(16)9-19-24-17-6-5-14(10-18(17)25-19)23-20(26)11-15-12-27-8-7-22-15/h1-6,10,15,22H,7-9,11-12H2,(H,23,26)(H,24,25). The van der Waals surface area contributed by atoms with Crippen LogP contribution in [0.25, 0.3) is 11.0 Å². The molecule has 2 heterocycles. The minimum absolute atomic E-state index is 0.000412. The Morgan fingerprint density at radius 3 is 3.00 bits per heavy atom. The van der Waals surface area contributed by atoms with E-state index in [2.05, 4.69) is 20.6 Å². The third kappa shape index (κ3) is 4.48. The molecule has 0 spiro atoms. The smallest absolute Gasteiger partial charge is 0.225 e. The number of H-pyrrole nitrogens is 1. The molecule has 27 heavy (non-hydrogen) atoms. The summed E-state index contributed by atoms with van der Waals surface area (Å²) in [4.78, 5) is 20.0. The van der Waals surface area contributed by atoms with E-state index >= 15 is 0 Å². The Morgan fingerprint density at radius 2 is 2.19 bits per heavy atom. The van der Waals surface area contributed by atoms with Gasteiger partial charge in [-0.1, -0.05) is 18.2 Å². The molecule has 0 aliphatic carbocycles. The van der Waals surface area contributed by atoms with Gasteiger partial charge in [0.25, 0.3) is 0 Å². The maximum Gasteiger partial charge on any atom is 0.225 e. The molecule has 1 saturated heterocycles. The van der Waals surface area contributed by atoms with Gasteiger partial charge in [0, 0.05) is 42.6 Å². The Labute approximate surface area is 161 Å². The number of imidazole rings is 1. The number of rotatable bonds is 5. The number of nitrogens with zero attached hydrogens (tertiary/aromatic N) is 1. The van der Waals surface area contributed by atoms with Gasteiger partial charge in [-0.05, 0) is 29.8 Å². The van der Waals surface area contributed by atoms with E-state index in [4.69, 9.17) is 0 Å². The average Bonchev–Trinajstić information content (AvgIpc) is 3.06. The van der Waals surface area contributed by atoms with E-state index in [9.17, 15) is 9.18 Å². The van der Waals surface area contributed by atoms with Gasteiger partial charge in [-0.25, -0.2) is 9.37 Å². The molecule has 3 aromatic rings. The van der Waals surface area contributed by atoms with Gasteiger partial charge in [-0.3, -0.25) is 4.79 Å². The molecule has 1 fully saturated rings. The summed E-state index contributed by atoms with van der Waals surface area (Å²) in [5.41, 5.74) is 2.95. The largest absolute Gasteiger partial charge is 0.342 e. The van der Waals surface area contributed by atoms with Crippen molar-refractivity contribution in [3.8, 4) is 0 Å². The summed E-state index contributed by atoms with van der Waals surface area (Å²) in [6.45, 7) is 0.952. The van der Waals surface area contributed by atoms with E-state index in [0.717, 1.165) is 34.8 Å². The normalized spacial score (nSPS) is 17.1. The molecule has 3 N–H and O–H groups in total. The summed E-state index contributed by atoms with van der Waals surface area (Å²) in [6, 6.07) is 12.5. The van der Waals surface area contributed by atoms with Crippen LogP contribution in [0.1, 0.15) is 17.8 Å². The van der Waals surface area contributed by atoms with Crippen LogP contribution in [0.4, 0.5) is 10.1 Å². The number of amides is 1. The molecule has 2 aromatic carbocycles. The number of aromatic amines is 1. The first-order valence-corrected chi connectivity index (χ1v) is 10.2. The van der Waals surface area contributed by atoms with Crippen molar-refractivity contribution in [3.05, 3.63) is 59.7 Å². The van der Waals surface area contributed by atoms with Gasteiger partial charge in [0.2, 0.25) is 5.91 Å². The van der Waals surface area contributed by atoms with Crippen LogP contribution < -0.4 is 10.6 Å². The molecule has 140 valence electrons. The summed E-state index contributed by atoms with van der Waals surface area (Å²) in [7, 11) is 0. The van der Waals surface area contributed by atoms with Crippen molar-refractivity contribution in [2.24, 2.45) is 0 Å². The summed E-state index contributed by atoms with van der Waals surface area (Å²) >= 11 is 1.88. The van der Waals surface area contributed by atoms with Crippen molar-refractivity contribution in [1.29, 1.82) is 0 Å². The van der Waals surface area contributed by atoms with E-state index in [0.29, 0.717) is 24.2 Å². The number of fused-ring (bicyclic) bond motifs is 1. The van der Waals surface area contributed by atoms with E-state index in [1.807, 2.05) is 36.0 Å². The lowest BCUT2D eigenvalue weighted by atomic mass is 10.1. The highest BCUT2D eigenvalue weighted by Crippen LogP contribution is 2.20. The first kappa shape index (κ1) is 18.0.